The van der Waals surface area contributed by atoms with Crippen molar-refractivity contribution in [3.05, 3.63) is 12.7 Å². The highest BCUT2D eigenvalue weighted by molar-refractivity contribution is 5.81. The van der Waals surface area contributed by atoms with Crippen LogP contribution >= 0.6 is 0 Å². The Kier molecular flexibility index (Phi) is 6.09. The van der Waals surface area contributed by atoms with Crippen molar-refractivity contribution in [2.24, 2.45) is 0 Å². The van der Waals surface area contributed by atoms with Gasteiger partial charge in [-0.3, -0.25) is 0 Å². The molecule has 1 aliphatic rings. The lowest BCUT2D eigenvalue weighted by molar-refractivity contribution is -0.139. The van der Waals surface area contributed by atoms with Crippen LogP contribution in [0.4, 0.5) is 4.79 Å². The number of hydrogen-bond acceptors (Lipinski definition) is 6. The molecule has 0 radical (unpaired) electrons. The Labute approximate surface area is 99.5 Å². The van der Waals surface area contributed by atoms with Crippen LogP contribution in [0.15, 0.2) is 12.7 Å². The van der Waals surface area contributed by atoms with Crippen molar-refractivity contribution in [1.29, 1.82) is 0 Å². The maximum Gasteiger partial charge on any atom is 0.508 e. The predicted molar refractivity (Wildman–Crippen MR) is 57.4 cm³/mol. The lowest BCUT2D eigenvalue weighted by atomic mass is 10.2. The van der Waals surface area contributed by atoms with Gasteiger partial charge in [0.15, 0.2) is 0 Å². The van der Waals surface area contributed by atoms with Crippen molar-refractivity contribution in [2.45, 2.75) is 18.9 Å². The highest BCUT2D eigenvalue weighted by Gasteiger charge is 2.18. The fraction of sp³-hybridized carbons (Fsp3) is 0.636. The fourth-order valence-electron chi connectivity index (χ4n) is 1.29. The van der Waals surface area contributed by atoms with Gasteiger partial charge in [0.2, 0.25) is 0 Å². The summed E-state index contributed by atoms with van der Waals surface area (Å²) in [6.07, 6.45) is 1.51. The van der Waals surface area contributed by atoms with E-state index in [0.29, 0.717) is 26.1 Å². The fourth-order valence-corrected chi connectivity index (χ4v) is 1.29. The first kappa shape index (κ1) is 13.5. The first-order chi connectivity index (χ1) is 8.22. The molecule has 0 aromatic heterocycles. The number of rotatable bonds is 5. The van der Waals surface area contributed by atoms with Crippen LogP contribution in [0.2, 0.25) is 0 Å². The van der Waals surface area contributed by atoms with E-state index in [0.717, 1.165) is 6.08 Å². The van der Waals surface area contributed by atoms with Crippen LogP contribution in [0.1, 0.15) is 12.8 Å². The molecule has 0 saturated carbocycles. The van der Waals surface area contributed by atoms with E-state index in [-0.39, 0.29) is 19.3 Å². The molecule has 0 atom stereocenters. The molecule has 0 N–H and O–H groups in total. The van der Waals surface area contributed by atoms with Gasteiger partial charge < -0.3 is 18.9 Å². The van der Waals surface area contributed by atoms with Crippen molar-refractivity contribution in [3.63, 3.8) is 0 Å². The second-order valence-electron chi connectivity index (χ2n) is 3.40. The standard InChI is InChI=1S/C11H16O6/c1-2-10(12)15-7-8-16-11(13)17-9-3-5-14-6-4-9/h2,9H,1,3-8H2. The molecule has 0 aliphatic carbocycles. The van der Waals surface area contributed by atoms with Gasteiger partial charge in [0.1, 0.15) is 19.3 Å². The number of ether oxygens (including phenoxy) is 4. The third-order valence-corrected chi connectivity index (χ3v) is 2.15. The first-order valence-electron chi connectivity index (χ1n) is 5.42. The molecule has 1 fully saturated rings. The van der Waals surface area contributed by atoms with Crippen LogP contribution in [0, 0.1) is 0 Å². The zero-order valence-corrected chi connectivity index (χ0v) is 9.55. The minimum atomic E-state index is -0.744. The van der Waals surface area contributed by atoms with Gasteiger partial charge in [-0.15, -0.1) is 0 Å². The molecule has 1 saturated heterocycles. The summed E-state index contributed by atoms with van der Waals surface area (Å²) in [6.45, 7) is 4.38. The van der Waals surface area contributed by atoms with E-state index < -0.39 is 12.1 Å². The van der Waals surface area contributed by atoms with Crippen LogP contribution < -0.4 is 0 Å². The monoisotopic (exact) mass is 244 g/mol. The van der Waals surface area contributed by atoms with Crippen molar-refractivity contribution >= 4 is 12.1 Å². The molecule has 0 amide bonds. The summed E-state index contributed by atoms with van der Waals surface area (Å²) in [7, 11) is 0. The molecule has 0 unspecified atom stereocenters. The topological polar surface area (TPSA) is 71.1 Å². The average Bonchev–Trinajstić information content (AvgIpc) is 2.35. The average molecular weight is 244 g/mol. The summed E-state index contributed by atoms with van der Waals surface area (Å²) in [4.78, 5) is 21.8. The van der Waals surface area contributed by atoms with Crippen LogP contribution in [0.25, 0.3) is 0 Å². The van der Waals surface area contributed by atoms with Gasteiger partial charge in [-0.2, -0.15) is 0 Å². The van der Waals surface area contributed by atoms with Crippen LogP contribution in [-0.2, 0) is 23.7 Å². The highest BCUT2D eigenvalue weighted by atomic mass is 16.7. The molecule has 0 spiro atoms. The highest BCUT2D eigenvalue weighted by Crippen LogP contribution is 2.11. The van der Waals surface area contributed by atoms with Crippen molar-refractivity contribution < 1.29 is 28.5 Å². The molecule has 1 aliphatic heterocycles. The van der Waals surface area contributed by atoms with Gasteiger partial charge in [-0.1, -0.05) is 6.58 Å². The number of hydrogen-bond donors (Lipinski definition) is 0. The molecule has 17 heavy (non-hydrogen) atoms. The molecule has 1 rings (SSSR count). The maximum atomic E-state index is 11.2. The Morgan fingerprint density at radius 1 is 1.24 bits per heavy atom. The lowest BCUT2D eigenvalue weighted by Gasteiger charge is -2.21. The Bertz CT molecular complexity index is 269. The van der Waals surface area contributed by atoms with Gasteiger partial charge in [0.25, 0.3) is 0 Å². The van der Waals surface area contributed by atoms with Gasteiger partial charge >= 0.3 is 12.1 Å². The van der Waals surface area contributed by atoms with E-state index in [2.05, 4.69) is 11.3 Å². The van der Waals surface area contributed by atoms with Gasteiger partial charge in [-0.05, 0) is 0 Å². The molecule has 6 nitrogen and oxygen atoms in total. The molecule has 0 bridgehead atoms. The quantitative estimate of drug-likeness (QED) is 0.409. The van der Waals surface area contributed by atoms with E-state index in [1.54, 1.807) is 0 Å². The van der Waals surface area contributed by atoms with Crippen LogP contribution in [0.3, 0.4) is 0 Å². The molecule has 0 aromatic rings. The van der Waals surface area contributed by atoms with Gasteiger partial charge in [-0.25, -0.2) is 9.59 Å². The van der Waals surface area contributed by atoms with Crippen molar-refractivity contribution in [3.8, 4) is 0 Å². The zero-order chi connectivity index (χ0) is 12.5. The zero-order valence-electron chi connectivity index (χ0n) is 9.55. The summed E-state index contributed by atoms with van der Waals surface area (Å²) < 4.78 is 19.5. The van der Waals surface area contributed by atoms with E-state index in [4.69, 9.17) is 14.2 Å². The van der Waals surface area contributed by atoms with Crippen molar-refractivity contribution in [1.82, 2.24) is 0 Å². The summed E-state index contributed by atoms with van der Waals surface area (Å²) in [5, 5.41) is 0. The third kappa shape index (κ3) is 5.91. The Balaban J connectivity index is 2.04. The molecule has 0 aromatic carbocycles. The van der Waals surface area contributed by atoms with Gasteiger partial charge in [0.05, 0.1) is 13.2 Å². The Morgan fingerprint density at radius 3 is 2.53 bits per heavy atom. The summed E-state index contributed by atoms with van der Waals surface area (Å²) in [5.74, 6) is -0.550. The predicted octanol–water partition coefficient (Wildman–Crippen LogP) is 1.05. The normalized spacial score (nSPS) is 16.0. The Morgan fingerprint density at radius 2 is 1.88 bits per heavy atom. The Hall–Kier alpha value is -1.56. The van der Waals surface area contributed by atoms with E-state index in [1.807, 2.05) is 0 Å². The van der Waals surface area contributed by atoms with E-state index in [1.165, 1.54) is 0 Å². The summed E-state index contributed by atoms with van der Waals surface area (Å²) in [5.41, 5.74) is 0. The largest absolute Gasteiger partial charge is 0.508 e. The van der Waals surface area contributed by atoms with E-state index >= 15 is 0 Å². The molecular formula is C11H16O6. The second kappa shape index (κ2) is 7.67. The minimum Gasteiger partial charge on any atom is -0.459 e. The summed E-state index contributed by atoms with van der Waals surface area (Å²) >= 11 is 0. The first-order valence-corrected chi connectivity index (χ1v) is 5.42. The molecule has 96 valence electrons. The summed E-state index contributed by atoms with van der Waals surface area (Å²) in [6, 6.07) is 0. The third-order valence-electron chi connectivity index (χ3n) is 2.15. The molecular weight excluding hydrogens is 228 g/mol. The number of carbonyl (C=O) groups excluding carboxylic acids is 2. The van der Waals surface area contributed by atoms with Crippen molar-refractivity contribution in [2.75, 3.05) is 26.4 Å². The van der Waals surface area contributed by atoms with Crippen LogP contribution in [-0.4, -0.2) is 44.7 Å². The SMILES string of the molecule is C=CC(=O)OCCOC(=O)OC1CCOCC1. The van der Waals surface area contributed by atoms with E-state index in [9.17, 15) is 9.59 Å². The van der Waals surface area contributed by atoms with Gasteiger partial charge in [0, 0.05) is 18.9 Å². The molecule has 6 heteroatoms. The minimum absolute atomic E-state index is 0.00622. The molecule has 1 heterocycles. The lowest BCUT2D eigenvalue weighted by Crippen LogP contribution is -2.27. The number of carbonyl (C=O) groups is 2. The maximum absolute atomic E-state index is 11.2. The van der Waals surface area contributed by atoms with Crippen LogP contribution in [0.5, 0.6) is 0 Å². The smallest absolute Gasteiger partial charge is 0.459 e. The second-order valence-corrected chi connectivity index (χ2v) is 3.40. The number of esters is 1.